The van der Waals surface area contributed by atoms with E-state index in [1.165, 1.54) is 30.3 Å². The first-order valence-corrected chi connectivity index (χ1v) is 9.24. The number of rotatable bonds is 7. The average Bonchev–Trinajstić information content (AvgIpc) is 2.76. The predicted molar refractivity (Wildman–Crippen MR) is 109 cm³/mol. The van der Waals surface area contributed by atoms with Crippen molar-refractivity contribution in [2.45, 2.75) is 6.18 Å². The van der Waals surface area contributed by atoms with Crippen LogP contribution < -0.4 is 15.4 Å². The van der Waals surface area contributed by atoms with Crippen LogP contribution in [-0.2, 0) is 6.18 Å². The molecule has 0 aliphatic heterocycles. The van der Waals surface area contributed by atoms with Gasteiger partial charge in [0.05, 0.1) is 5.56 Å². The Morgan fingerprint density at radius 2 is 1.48 bits per heavy atom. The van der Waals surface area contributed by atoms with Crippen LogP contribution in [-0.4, -0.2) is 29.7 Å². The maximum atomic E-state index is 12.8. The predicted octanol–water partition coefficient (Wildman–Crippen LogP) is 4.59. The van der Waals surface area contributed by atoms with E-state index < -0.39 is 11.7 Å². The van der Waals surface area contributed by atoms with Gasteiger partial charge in [-0.2, -0.15) is 13.2 Å². The molecule has 0 aliphatic carbocycles. The quantitative estimate of drug-likeness (QED) is 0.326. The molecule has 2 N–H and O–H groups in total. The van der Waals surface area contributed by atoms with E-state index in [1.54, 1.807) is 18.3 Å². The highest BCUT2D eigenvalue weighted by molar-refractivity contribution is 5.42. The molecule has 0 saturated carbocycles. The summed E-state index contributed by atoms with van der Waals surface area (Å²) in [4.78, 5) is 7.99. The first-order chi connectivity index (χ1) is 14.9. The molecular formula is C22H18F4N4O. The van der Waals surface area contributed by atoms with Crippen LogP contribution in [0.25, 0.3) is 0 Å². The number of nitrogens with one attached hydrogen (secondary N) is 2. The van der Waals surface area contributed by atoms with E-state index in [9.17, 15) is 17.6 Å². The minimum Gasteiger partial charge on any atom is -0.481 e. The summed E-state index contributed by atoms with van der Waals surface area (Å²) in [5.41, 5.74) is -0.0779. The number of nitrogens with zero attached hydrogens (tertiary/aromatic N) is 2. The molecule has 0 radical (unpaired) electrons. The Hall–Kier alpha value is -3.80. The monoisotopic (exact) mass is 430 g/mol. The van der Waals surface area contributed by atoms with Crippen molar-refractivity contribution in [1.82, 2.24) is 9.97 Å². The third kappa shape index (κ3) is 7.19. The lowest BCUT2D eigenvalue weighted by Gasteiger charge is -2.09. The highest BCUT2D eigenvalue weighted by Crippen LogP contribution is 2.28. The van der Waals surface area contributed by atoms with Crippen LogP contribution in [0, 0.1) is 17.7 Å². The van der Waals surface area contributed by atoms with Gasteiger partial charge in [-0.25, -0.2) is 14.4 Å². The lowest BCUT2D eigenvalue weighted by atomic mass is 10.3. The molecule has 9 heteroatoms. The zero-order valence-corrected chi connectivity index (χ0v) is 16.2. The van der Waals surface area contributed by atoms with Crippen molar-refractivity contribution in [3.63, 3.8) is 0 Å². The summed E-state index contributed by atoms with van der Waals surface area (Å²) in [6.07, 6.45) is -2.00. The standard InChI is InChI=1S/C22H18F4N4O/c23-18-5-7-19(8-6-18)31-13-1-2-16-3-9-20(29-14-16)27-11-12-28-21-10-4-17(15-30-21)22(24,25)26/h3-10,14-15H,11-13H2,(H,27,29)(H,28,30). The fourth-order valence-electron chi connectivity index (χ4n) is 2.41. The van der Waals surface area contributed by atoms with E-state index in [0.29, 0.717) is 36.0 Å². The molecule has 0 bridgehead atoms. The fraction of sp³-hybridized carbons (Fsp3) is 0.182. The van der Waals surface area contributed by atoms with Crippen LogP contribution in [0.15, 0.2) is 60.9 Å². The highest BCUT2D eigenvalue weighted by atomic mass is 19.4. The lowest BCUT2D eigenvalue weighted by Crippen LogP contribution is -2.15. The highest BCUT2D eigenvalue weighted by Gasteiger charge is 2.30. The SMILES string of the molecule is Fc1ccc(OCC#Cc2ccc(NCCNc3ccc(C(F)(F)F)cn3)nc2)cc1. The van der Waals surface area contributed by atoms with Crippen molar-refractivity contribution in [2.24, 2.45) is 0 Å². The van der Waals surface area contributed by atoms with Crippen molar-refractivity contribution in [3.8, 4) is 17.6 Å². The summed E-state index contributed by atoms with van der Waals surface area (Å²) < 4.78 is 55.7. The van der Waals surface area contributed by atoms with E-state index in [0.717, 1.165) is 12.3 Å². The first-order valence-electron chi connectivity index (χ1n) is 9.24. The van der Waals surface area contributed by atoms with Crippen molar-refractivity contribution in [1.29, 1.82) is 0 Å². The number of pyridine rings is 2. The number of hydrogen-bond acceptors (Lipinski definition) is 5. The summed E-state index contributed by atoms with van der Waals surface area (Å²) in [6, 6.07) is 11.5. The average molecular weight is 430 g/mol. The smallest absolute Gasteiger partial charge is 0.417 e. The molecule has 160 valence electrons. The second kappa shape index (κ2) is 10.3. The molecule has 5 nitrogen and oxygen atoms in total. The van der Waals surface area contributed by atoms with Gasteiger partial charge in [0.15, 0.2) is 0 Å². The van der Waals surface area contributed by atoms with Crippen molar-refractivity contribution in [3.05, 3.63) is 77.9 Å². The number of ether oxygens (including phenoxy) is 1. The Labute approximate surface area is 176 Å². The lowest BCUT2D eigenvalue weighted by molar-refractivity contribution is -0.137. The Morgan fingerprint density at radius 1 is 0.839 bits per heavy atom. The molecule has 2 aromatic heterocycles. The summed E-state index contributed by atoms with van der Waals surface area (Å²) >= 11 is 0. The molecule has 0 saturated heterocycles. The van der Waals surface area contributed by atoms with Crippen molar-refractivity contribution in [2.75, 3.05) is 30.3 Å². The van der Waals surface area contributed by atoms with Crippen LogP contribution in [0.5, 0.6) is 5.75 Å². The molecule has 0 aliphatic rings. The van der Waals surface area contributed by atoms with Crippen LogP contribution >= 0.6 is 0 Å². The van der Waals surface area contributed by atoms with Crippen molar-refractivity contribution >= 4 is 11.6 Å². The van der Waals surface area contributed by atoms with E-state index >= 15 is 0 Å². The van der Waals surface area contributed by atoms with Crippen LogP contribution in [0.3, 0.4) is 0 Å². The van der Waals surface area contributed by atoms with E-state index in [1.807, 2.05) is 0 Å². The molecule has 0 amide bonds. The van der Waals surface area contributed by atoms with Gasteiger partial charge in [0.2, 0.25) is 0 Å². The van der Waals surface area contributed by atoms with Gasteiger partial charge < -0.3 is 15.4 Å². The third-order valence-electron chi connectivity index (χ3n) is 3.95. The number of anilines is 2. The third-order valence-corrected chi connectivity index (χ3v) is 3.95. The topological polar surface area (TPSA) is 59.1 Å². The van der Waals surface area contributed by atoms with Gasteiger partial charge in [-0.05, 0) is 48.5 Å². The molecule has 1 aromatic carbocycles. The van der Waals surface area contributed by atoms with Gasteiger partial charge in [0, 0.05) is 31.0 Å². The first kappa shape index (κ1) is 21.9. The molecule has 0 fully saturated rings. The van der Waals surface area contributed by atoms with E-state index in [2.05, 4.69) is 32.4 Å². The van der Waals surface area contributed by atoms with Gasteiger partial charge in [0.25, 0.3) is 0 Å². The molecular weight excluding hydrogens is 412 g/mol. The summed E-state index contributed by atoms with van der Waals surface area (Å²) in [5.74, 6) is 6.97. The van der Waals surface area contributed by atoms with E-state index in [4.69, 9.17) is 4.74 Å². The molecule has 3 aromatic rings. The van der Waals surface area contributed by atoms with Gasteiger partial charge in [-0.15, -0.1) is 0 Å². The maximum absolute atomic E-state index is 12.8. The summed E-state index contributed by atoms with van der Waals surface area (Å²) in [5, 5.41) is 6.02. The molecule has 31 heavy (non-hydrogen) atoms. The second-order valence-electron chi connectivity index (χ2n) is 6.26. The zero-order valence-electron chi connectivity index (χ0n) is 16.2. The zero-order chi connectivity index (χ0) is 22.1. The second-order valence-corrected chi connectivity index (χ2v) is 6.26. The Kier molecular flexibility index (Phi) is 7.27. The molecule has 2 heterocycles. The minimum atomic E-state index is -4.40. The number of hydrogen-bond donors (Lipinski definition) is 2. The summed E-state index contributed by atoms with van der Waals surface area (Å²) in [7, 11) is 0. The normalized spacial score (nSPS) is 10.7. The van der Waals surface area contributed by atoms with Gasteiger partial charge in [-0.1, -0.05) is 11.8 Å². The Bertz CT molecular complexity index is 1020. The minimum absolute atomic E-state index is 0.162. The number of alkyl halides is 3. The van der Waals surface area contributed by atoms with E-state index in [-0.39, 0.29) is 12.4 Å². The van der Waals surface area contributed by atoms with Gasteiger partial charge >= 0.3 is 6.18 Å². The molecule has 0 atom stereocenters. The number of aromatic nitrogens is 2. The van der Waals surface area contributed by atoms with Gasteiger partial charge in [-0.3, -0.25) is 0 Å². The Morgan fingerprint density at radius 3 is 2.03 bits per heavy atom. The van der Waals surface area contributed by atoms with Crippen molar-refractivity contribution < 1.29 is 22.3 Å². The number of halogens is 4. The largest absolute Gasteiger partial charge is 0.481 e. The Balaban J connectivity index is 1.38. The summed E-state index contributed by atoms with van der Waals surface area (Å²) in [6.45, 7) is 1.10. The number of benzene rings is 1. The van der Waals surface area contributed by atoms with Crippen LogP contribution in [0.2, 0.25) is 0 Å². The van der Waals surface area contributed by atoms with Gasteiger partial charge in [0.1, 0.15) is 29.8 Å². The molecule has 0 spiro atoms. The maximum Gasteiger partial charge on any atom is 0.417 e. The van der Waals surface area contributed by atoms with Crippen LogP contribution in [0.4, 0.5) is 29.2 Å². The van der Waals surface area contributed by atoms with Crippen LogP contribution in [0.1, 0.15) is 11.1 Å². The fourth-order valence-corrected chi connectivity index (χ4v) is 2.41. The molecule has 3 rings (SSSR count). The molecule has 0 unspecified atom stereocenters.